The Morgan fingerprint density at radius 2 is 0.900 bits per heavy atom. The lowest BCUT2D eigenvalue weighted by Gasteiger charge is -2.19. The van der Waals surface area contributed by atoms with Gasteiger partial charge in [0.2, 0.25) is 0 Å². The van der Waals surface area contributed by atoms with Gasteiger partial charge in [-0.1, -0.05) is 151 Å². The van der Waals surface area contributed by atoms with Crippen molar-refractivity contribution in [1.82, 2.24) is 0 Å². The Morgan fingerprint density at radius 1 is 0.350 bits per heavy atom. The van der Waals surface area contributed by atoms with Crippen LogP contribution in [-0.4, -0.2) is 0 Å². The van der Waals surface area contributed by atoms with Crippen LogP contribution in [0.1, 0.15) is 16.4 Å². The fraction of sp³-hybridized carbons (Fsp3) is 0. The zero-order valence-corrected chi connectivity index (χ0v) is 21.1. The summed E-state index contributed by atoms with van der Waals surface area (Å²) in [5, 5.41) is 2.73. The van der Waals surface area contributed by atoms with Gasteiger partial charge in [0, 0.05) is 0 Å². The predicted octanol–water partition coefficient (Wildman–Crippen LogP) is 11.3. The van der Waals surface area contributed by atoms with Gasteiger partial charge in [0.05, 0.1) is 16.4 Å². The molecule has 40 heavy (non-hydrogen) atoms. The van der Waals surface area contributed by atoms with Crippen LogP contribution >= 0.6 is 0 Å². The van der Waals surface area contributed by atoms with E-state index in [2.05, 4.69) is 0 Å². The van der Waals surface area contributed by atoms with E-state index in [9.17, 15) is 11.0 Å². The Hall–Kier alpha value is -5.20. The summed E-state index contributed by atoms with van der Waals surface area (Å²) in [7, 11) is 0. The Balaban J connectivity index is 1.63. The summed E-state index contributed by atoms with van der Waals surface area (Å²) in [5.74, 6) is 0. The number of fused-ring (bicyclic) bond motifs is 4. The Labute approximate surface area is 250 Å². The topological polar surface area (TPSA) is 0 Å². The van der Waals surface area contributed by atoms with Crippen LogP contribution in [0.25, 0.3) is 76.5 Å². The van der Waals surface area contributed by atoms with Crippen LogP contribution in [0, 0.1) is 0 Å². The minimum atomic E-state index is -0.620. The monoisotopic (exact) mass is 518 g/mol. The van der Waals surface area contributed by atoms with Gasteiger partial charge in [0.15, 0.2) is 0 Å². The summed E-state index contributed by atoms with van der Waals surface area (Å²) in [5.41, 5.74) is 0.499. The smallest absolute Gasteiger partial charge is 0.0616 e. The minimum absolute atomic E-state index is 0.0225. The maximum atomic E-state index is 9.36. The molecule has 0 atom stereocenters. The lowest BCUT2D eigenvalue weighted by Crippen LogP contribution is -1.91. The Bertz CT molecular complexity index is 2760. The van der Waals surface area contributed by atoms with Crippen LogP contribution in [0.15, 0.2) is 157 Å². The largest absolute Gasteiger partial charge is 0.0629 e. The summed E-state index contributed by atoms with van der Waals surface area (Å²) < 4.78 is 109. The van der Waals surface area contributed by atoms with Gasteiger partial charge in [-0.05, 0) is 82.5 Å². The Kier molecular flexibility index (Phi) is 3.17. The van der Waals surface area contributed by atoms with Gasteiger partial charge in [-0.25, -0.2) is 0 Å². The molecule has 0 saturated heterocycles. The maximum absolute atomic E-state index is 9.36. The normalized spacial score (nSPS) is 15.7. The van der Waals surface area contributed by atoms with Gasteiger partial charge in [-0.2, -0.15) is 0 Å². The van der Waals surface area contributed by atoms with Crippen LogP contribution in [-0.2, 0) is 0 Å². The van der Waals surface area contributed by atoms with Crippen LogP contribution < -0.4 is 0 Å². The van der Waals surface area contributed by atoms with Crippen LogP contribution in [0.5, 0.6) is 0 Å². The first kappa shape index (κ1) is 13.7. The van der Waals surface area contributed by atoms with E-state index < -0.39 is 72.5 Å². The first-order valence-electron chi connectivity index (χ1n) is 18.9. The van der Waals surface area contributed by atoms with Crippen molar-refractivity contribution >= 4 is 43.1 Å². The fourth-order valence-electron chi connectivity index (χ4n) is 5.51. The number of benzene rings is 8. The van der Waals surface area contributed by atoms with E-state index >= 15 is 0 Å². The highest BCUT2D eigenvalue weighted by atomic mass is 14.2. The van der Waals surface area contributed by atoms with Crippen molar-refractivity contribution in [2.45, 2.75) is 0 Å². The molecule has 8 rings (SSSR count). The van der Waals surface area contributed by atoms with Crippen molar-refractivity contribution < 1.29 is 16.4 Å². The van der Waals surface area contributed by atoms with Gasteiger partial charge in [-0.15, -0.1) is 0 Å². The molecular formula is C40H26. The zero-order chi connectivity index (χ0) is 36.9. The molecule has 0 aliphatic rings. The first-order valence-corrected chi connectivity index (χ1v) is 12.9. The van der Waals surface area contributed by atoms with Crippen molar-refractivity contribution in [1.29, 1.82) is 0 Å². The highest BCUT2D eigenvalue weighted by Gasteiger charge is 2.17. The average molecular weight is 519 g/mol. The van der Waals surface area contributed by atoms with Gasteiger partial charge < -0.3 is 0 Å². The van der Waals surface area contributed by atoms with Crippen molar-refractivity contribution in [3.63, 3.8) is 0 Å². The van der Waals surface area contributed by atoms with Gasteiger partial charge in [0.1, 0.15) is 0 Å². The van der Waals surface area contributed by atoms with Crippen LogP contribution in [0.3, 0.4) is 0 Å². The summed E-state index contributed by atoms with van der Waals surface area (Å²) in [4.78, 5) is 0. The fourth-order valence-corrected chi connectivity index (χ4v) is 5.51. The molecule has 0 aliphatic carbocycles. The molecular weight excluding hydrogens is 480 g/mol. The van der Waals surface area contributed by atoms with E-state index in [1.807, 2.05) is 54.6 Å². The lowest BCUT2D eigenvalue weighted by molar-refractivity contribution is 1.63. The minimum Gasteiger partial charge on any atom is -0.0616 e. The van der Waals surface area contributed by atoms with Crippen molar-refractivity contribution in [3.05, 3.63) is 157 Å². The maximum Gasteiger partial charge on any atom is 0.0629 e. The molecule has 0 saturated carbocycles. The molecule has 0 heteroatoms. The third-order valence-corrected chi connectivity index (χ3v) is 7.35. The van der Waals surface area contributed by atoms with Crippen LogP contribution in [0.4, 0.5) is 0 Å². The van der Waals surface area contributed by atoms with Gasteiger partial charge in [0.25, 0.3) is 0 Å². The number of rotatable bonds is 3. The van der Waals surface area contributed by atoms with E-state index in [4.69, 9.17) is 5.48 Å². The molecule has 0 nitrogen and oxygen atoms in total. The summed E-state index contributed by atoms with van der Waals surface area (Å²) >= 11 is 0. The molecule has 0 heterocycles. The van der Waals surface area contributed by atoms with E-state index in [0.29, 0.717) is 16.5 Å². The van der Waals surface area contributed by atoms with Crippen molar-refractivity contribution in [2.24, 2.45) is 0 Å². The van der Waals surface area contributed by atoms with Gasteiger partial charge in [-0.3, -0.25) is 0 Å². The van der Waals surface area contributed by atoms with Crippen LogP contribution in [0.2, 0.25) is 0 Å². The Morgan fingerprint density at radius 3 is 1.60 bits per heavy atom. The molecule has 8 aromatic rings. The second kappa shape index (κ2) is 9.22. The molecule has 8 aromatic carbocycles. The van der Waals surface area contributed by atoms with E-state index in [1.165, 1.54) is 0 Å². The molecule has 0 unspecified atom stereocenters. The molecule has 0 N–H and O–H groups in total. The quantitative estimate of drug-likeness (QED) is 0.204. The van der Waals surface area contributed by atoms with Crippen molar-refractivity contribution in [2.75, 3.05) is 0 Å². The van der Waals surface area contributed by atoms with E-state index in [0.717, 1.165) is 16.2 Å². The highest BCUT2D eigenvalue weighted by Crippen LogP contribution is 2.45. The summed E-state index contributed by atoms with van der Waals surface area (Å²) in [6, 6.07) is 19.2. The molecule has 0 fully saturated rings. The molecule has 0 amide bonds. The first-order chi connectivity index (χ1) is 24.8. The molecule has 0 aliphatic heterocycles. The number of hydrogen-bond acceptors (Lipinski definition) is 0. The highest BCUT2D eigenvalue weighted by molar-refractivity contribution is 6.23. The molecule has 0 aromatic heterocycles. The molecule has 0 bridgehead atoms. The predicted molar refractivity (Wildman–Crippen MR) is 173 cm³/mol. The summed E-state index contributed by atoms with van der Waals surface area (Å²) in [6.07, 6.45) is 0. The molecule has 0 spiro atoms. The SMILES string of the molecule is [2H]c1c([2H])c(-c2c3c([2H])c([2H])c([2H])c([2H])c3c(-c3cccc4ccccc34)c3c([2H])c([2H])c([2H])c([2H])c23)c([2H])c([2H])c1-c1ccc2ccccc2c1. The average Bonchev–Trinajstić information content (AvgIpc) is 3.16. The lowest BCUT2D eigenvalue weighted by atomic mass is 9.84. The third-order valence-electron chi connectivity index (χ3n) is 7.35. The number of hydrogen-bond donors (Lipinski definition) is 0. The standard InChI is InChI=1S/C40H26/c1-2-12-31-26-32(25-22-27(31)10-1)28-20-23-30(24-21-28)39-35-15-5-7-17-37(35)40(38-18-8-6-16-36(38)39)34-19-9-13-29-11-3-4-14-33(29)34/h1-26H/i5D,6D,7D,8D,15D,16D,17D,18D,20D,21D,23D,24D. The van der Waals surface area contributed by atoms with Crippen molar-refractivity contribution in [3.8, 4) is 33.4 Å². The molecule has 186 valence electrons. The second-order valence-corrected chi connectivity index (χ2v) is 9.59. The second-order valence-electron chi connectivity index (χ2n) is 9.59. The van der Waals surface area contributed by atoms with Gasteiger partial charge >= 0.3 is 0 Å². The van der Waals surface area contributed by atoms with E-state index in [-0.39, 0.29) is 43.8 Å². The van der Waals surface area contributed by atoms with E-state index in [1.54, 1.807) is 30.3 Å². The summed E-state index contributed by atoms with van der Waals surface area (Å²) in [6.45, 7) is 0. The molecule has 0 radical (unpaired) electrons. The zero-order valence-electron chi connectivity index (χ0n) is 33.1. The third kappa shape index (κ3) is 3.61.